The van der Waals surface area contributed by atoms with Crippen molar-refractivity contribution in [1.82, 2.24) is 5.32 Å². The number of benzene rings is 1. The molecule has 0 bridgehead atoms. The molecule has 1 heterocycles. The predicted molar refractivity (Wildman–Crippen MR) is 72.1 cm³/mol. The summed E-state index contributed by atoms with van der Waals surface area (Å²) in [7, 11) is 1.94. The van der Waals surface area contributed by atoms with Gasteiger partial charge in [-0.1, -0.05) is 12.1 Å². The lowest BCUT2D eigenvalue weighted by Gasteiger charge is -2.34. The van der Waals surface area contributed by atoms with Crippen molar-refractivity contribution >= 4 is 11.4 Å². The number of anilines is 1. The van der Waals surface area contributed by atoms with Crippen LogP contribution in [-0.2, 0) is 0 Å². The Morgan fingerprint density at radius 2 is 2.28 bits per heavy atom. The van der Waals surface area contributed by atoms with Gasteiger partial charge in [0.25, 0.3) is 5.69 Å². The van der Waals surface area contributed by atoms with Gasteiger partial charge in [-0.15, -0.1) is 0 Å². The smallest absolute Gasteiger partial charge is 0.292 e. The van der Waals surface area contributed by atoms with Crippen LogP contribution in [-0.4, -0.2) is 31.1 Å². The molecular weight excluding hydrogens is 230 g/mol. The first-order chi connectivity index (χ1) is 8.63. The van der Waals surface area contributed by atoms with Gasteiger partial charge in [-0.25, -0.2) is 0 Å². The van der Waals surface area contributed by atoms with E-state index in [0.717, 1.165) is 37.2 Å². The highest BCUT2D eigenvalue weighted by atomic mass is 16.6. The summed E-state index contributed by atoms with van der Waals surface area (Å²) < 4.78 is 0. The van der Waals surface area contributed by atoms with Gasteiger partial charge in [-0.05, 0) is 32.4 Å². The average Bonchev–Trinajstić information content (AvgIpc) is 2.38. The van der Waals surface area contributed by atoms with E-state index in [-0.39, 0.29) is 10.6 Å². The highest BCUT2D eigenvalue weighted by molar-refractivity contribution is 5.68. The van der Waals surface area contributed by atoms with E-state index in [0.29, 0.717) is 6.04 Å². The van der Waals surface area contributed by atoms with E-state index in [1.165, 1.54) is 0 Å². The van der Waals surface area contributed by atoms with Gasteiger partial charge in [0.15, 0.2) is 0 Å². The second kappa shape index (κ2) is 5.35. The normalized spacial score (nSPS) is 19.9. The molecule has 0 aromatic heterocycles. The highest BCUT2D eigenvalue weighted by Crippen LogP contribution is 2.33. The van der Waals surface area contributed by atoms with Crippen LogP contribution in [0.1, 0.15) is 18.4 Å². The van der Waals surface area contributed by atoms with Crippen LogP contribution in [0.2, 0.25) is 0 Å². The molecule has 1 fully saturated rings. The highest BCUT2D eigenvalue weighted by Gasteiger charge is 2.25. The Bertz CT molecular complexity index is 448. The van der Waals surface area contributed by atoms with Crippen molar-refractivity contribution in [3.63, 3.8) is 0 Å². The van der Waals surface area contributed by atoms with Crippen molar-refractivity contribution in [3.05, 3.63) is 33.9 Å². The summed E-state index contributed by atoms with van der Waals surface area (Å²) in [5, 5.41) is 14.4. The molecule has 1 aliphatic heterocycles. The second-order valence-corrected chi connectivity index (χ2v) is 4.77. The maximum absolute atomic E-state index is 11.1. The zero-order valence-electron chi connectivity index (χ0n) is 10.8. The minimum atomic E-state index is -0.286. The van der Waals surface area contributed by atoms with Crippen molar-refractivity contribution in [3.8, 4) is 0 Å². The number of likely N-dealkylation sites (N-methyl/N-ethyl adjacent to an activating group) is 1. The third-order valence-electron chi connectivity index (χ3n) is 3.56. The molecule has 2 rings (SSSR count). The lowest BCUT2D eigenvalue weighted by molar-refractivity contribution is -0.384. The summed E-state index contributed by atoms with van der Waals surface area (Å²) >= 11 is 0. The number of nitro groups is 1. The molecule has 1 N–H and O–H groups in total. The first-order valence-corrected chi connectivity index (χ1v) is 6.29. The zero-order valence-corrected chi connectivity index (χ0v) is 10.8. The van der Waals surface area contributed by atoms with Crippen molar-refractivity contribution in [2.24, 2.45) is 0 Å². The van der Waals surface area contributed by atoms with Crippen molar-refractivity contribution in [2.75, 3.05) is 25.0 Å². The molecule has 1 aromatic carbocycles. The van der Waals surface area contributed by atoms with E-state index < -0.39 is 0 Å². The number of hydrogen-bond donors (Lipinski definition) is 1. The van der Waals surface area contributed by atoms with Gasteiger partial charge in [0.1, 0.15) is 5.69 Å². The van der Waals surface area contributed by atoms with Crippen LogP contribution >= 0.6 is 0 Å². The monoisotopic (exact) mass is 249 g/mol. The van der Waals surface area contributed by atoms with Crippen LogP contribution in [0, 0.1) is 17.0 Å². The lowest BCUT2D eigenvalue weighted by Crippen LogP contribution is -2.44. The van der Waals surface area contributed by atoms with E-state index in [9.17, 15) is 10.1 Å². The second-order valence-electron chi connectivity index (χ2n) is 4.77. The number of piperidine rings is 1. The molecule has 1 unspecified atom stereocenters. The molecule has 0 aliphatic carbocycles. The molecule has 1 saturated heterocycles. The molecular formula is C13H19N3O2. The van der Waals surface area contributed by atoms with E-state index >= 15 is 0 Å². The standard InChI is InChI=1S/C13H19N3O2/c1-10-5-3-7-12(16(17)18)13(10)15-8-4-6-11(9-15)14-2/h3,5,7,11,14H,4,6,8-9H2,1-2H3. The summed E-state index contributed by atoms with van der Waals surface area (Å²) in [6.45, 7) is 3.66. The Labute approximate surface area is 107 Å². The minimum Gasteiger partial charge on any atom is -0.364 e. The van der Waals surface area contributed by atoms with Gasteiger partial charge in [-0.3, -0.25) is 10.1 Å². The summed E-state index contributed by atoms with van der Waals surface area (Å²) in [5.74, 6) is 0. The first kappa shape index (κ1) is 12.8. The Morgan fingerprint density at radius 1 is 1.50 bits per heavy atom. The fourth-order valence-corrected chi connectivity index (χ4v) is 2.62. The SMILES string of the molecule is CNC1CCCN(c2c(C)cccc2[N+](=O)[O-])C1. The molecule has 18 heavy (non-hydrogen) atoms. The molecule has 0 spiro atoms. The molecule has 1 atom stereocenters. The van der Waals surface area contributed by atoms with Crippen LogP contribution < -0.4 is 10.2 Å². The van der Waals surface area contributed by atoms with Crippen molar-refractivity contribution in [1.29, 1.82) is 0 Å². The number of hydrogen-bond acceptors (Lipinski definition) is 4. The van der Waals surface area contributed by atoms with Gasteiger partial charge in [0.05, 0.1) is 4.92 Å². The van der Waals surface area contributed by atoms with Gasteiger partial charge >= 0.3 is 0 Å². The zero-order chi connectivity index (χ0) is 13.1. The van der Waals surface area contributed by atoms with Crippen molar-refractivity contribution < 1.29 is 4.92 Å². The Hall–Kier alpha value is -1.62. The summed E-state index contributed by atoms with van der Waals surface area (Å²) in [4.78, 5) is 13.0. The maximum atomic E-state index is 11.1. The Kier molecular flexibility index (Phi) is 3.81. The van der Waals surface area contributed by atoms with Crippen LogP contribution in [0.4, 0.5) is 11.4 Å². The Morgan fingerprint density at radius 3 is 2.94 bits per heavy atom. The Balaban J connectivity index is 2.34. The average molecular weight is 249 g/mol. The number of nitro benzene ring substituents is 1. The van der Waals surface area contributed by atoms with E-state index in [2.05, 4.69) is 10.2 Å². The third-order valence-corrected chi connectivity index (χ3v) is 3.56. The molecule has 98 valence electrons. The molecule has 1 aromatic rings. The van der Waals surface area contributed by atoms with Crippen LogP contribution in [0.5, 0.6) is 0 Å². The van der Waals surface area contributed by atoms with E-state index in [4.69, 9.17) is 0 Å². The predicted octanol–water partition coefficient (Wildman–Crippen LogP) is 2.09. The minimum absolute atomic E-state index is 0.215. The van der Waals surface area contributed by atoms with Gasteiger partial charge in [-0.2, -0.15) is 0 Å². The third kappa shape index (κ3) is 2.46. The topological polar surface area (TPSA) is 58.4 Å². The molecule has 1 aliphatic rings. The molecule has 0 saturated carbocycles. The fraction of sp³-hybridized carbons (Fsp3) is 0.538. The van der Waals surface area contributed by atoms with E-state index in [1.54, 1.807) is 12.1 Å². The molecule has 0 radical (unpaired) electrons. The molecule has 5 nitrogen and oxygen atoms in total. The van der Waals surface area contributed by atoms with Crippen LogP contribution in [0.3, 0.4) is 0 Å². The summed E-state index contributed by atoms with van der Waals surface area (Å²) in [6.07, 6.45) is 2.20. The summed E-state index contributed by atoms with van der Waals surface area (Å²) in [5.41, 5.74) is 1.97. The quantitative estimate of drug-likeness (QED) is 0.658. The number of nitrogens with one attached hydrogen (secondary N) is 1. The number of nitrogens with zero attached hydrogens (tertiary/aromatic N) is 2. The van der Waals surface area contributed by atoms with Gasteiger partial charge < -0.3 is 10.2 Å². The summed E-state index contributed by atoms with van der Waals surface area (Å²) in [6, 6.07) is 5.69. The number of aryl methyl sites for hydroxylation is 1. The van der Waals surface area contributed by atoms with Crippen LogP contribution in [0.25, 0.3) is 0 Å². The fourth-order valence-electron chi connectivity index (χ4n) is 2.62. The van der Waals surface area contributed by atoms with Gasteiger partial charge in [0.2, 0.25) is 0 Å². The van der Waals surface area contributed by atoms with E-state index in [1.807, 2.05) is 20.0 Å². The molecule has 5 heteroatoms. The number of para-hydroxylation sites is 1. The van der Waals surface area contributed by atoms with Crippen molar-refractivity contribution in [2.45, 2.75) is 25.8 Å². The van der Waals surface area contributed by atoms with Gasteiger partial charge in [0, 0.05) is 25.2 Å². The lowest BCUT2D eigenvalue weighted by atomic mass is 10.0. The number of rotatable bonds is 3. The van der Waals surface area contributed by atoms with Crippen LogP contribution in [0.15, 0.2) is 18.2 Å². The first-order valence-electron chi connectivity index (χ1n) is 6.29. The molecule has 0 amide bonds. The maximum Gasteiger partial charge on any atom is 0.292 e. The largest absolute Gasteiger partial charge is 0.364 e.